The number of anilines is 1. The Morgan fingerprint density at radius 2 is 1.84 bits per heavy atom. The zero-order valence-electron chi connectivity index (χ0n) is 13.8. The second-order valence-electron chi connectivity index (χ2n) is 4.90. The highest BCUT2D eigenvalue weighted by atomic mass is 79.9. The van der Waals surface area contributed by atoms with Crippen LogP contribution >= 0.6 is 15.9 Å². The maximum atomic E-state index is 12.5. The number of para-hydroxylation sites is 1. The summed E-state index contributed by atoms with van der Waals surface area (Å²) in [5.41, 5.74) is 0.737. The van der Waals surface area contributed by atoms with E-state index in [1.807, 2.05) is 6.07 Å². The summed E-state index contributed by atoms with van der Waals surface area (Å²) < 4.78 is 31.5. The smallest absolute Gasteiger partial charge is 0.268 e. The molecular weight excluding hydrogens is 412 g/mol. The summed E-state index contributed by atoms with van der Waals surface area (Å²) >= 11 is 3.34. The SMILES string of the molecule is COc1ccc(C(=O)Nc2ccccc2Br)cc1S(=O)(=O)N(C)OC. The highest BCUT2D eigenvalue weighted by Gasteiger charge is 2.26. The van der Waals surface area contributed by atoms with Gasteiger partial charge in [0.25, 0.3) is 15.9 Å². The fourth-order valence-corrected chi connectivity index (χ4v) is 3.55. The molecule has 0 saturated heterocycles. The Morgan fingerprint density at radius 3 is 2.44 bits per heavy atom. The minimum absolute atomic E-state index is 0.112. The highest BCUT2D eigenvalue weighted by Crippen LogP contribution is 2.28. The number of ether oxygens (including phenoxy) is 1. The minimum atomic E-state index is -3.97. The molecule has 2 aromatic carbocycles. The molecule has 2 aromatic rings. The van der Waals surface area contributed by atoms with Gasteiger partial charge in [-0.15, -0.1) is 0 Å². The molecule has 0 aliphatic carbocycles. The Bertz CT molecular complexity index is 886. The van der Waals surface area contributed by atoms with Gasteiger partial charge in [-0.1, -0.05) is 16.6 Å². The third-order valence-electron chi connectivity index (χ3n) is 3.42. The predicted octanol–water partition coefficient (Wildman–Crippen LogP) is 2.89. The quantitative estimate of drug-likeness (QED) is 0.714. The molecule has 1 amide bonds. The molecule has 1 N–H and O–H groups in total. The van der Waals surface area contributed by atoms with E-state index in [0.29, 0.717) is 14.6 Å². The van der Waals surface area contributed by atoms with Crippen LogP contribution in [0.2, 0.25) is 0 Å². The van der Waals surface area contributed by atoms with Crippen molar-refractivity contribution in [3.63, 3.8) is 0 Å². The van der Waals surface area contributed by atoms with E-state index in [9.17, 15) is 13.2 Å². The van der Waals surface area contributed by atoms with Gasteiger partial charge in [0.05, 0.1) is 19.9 Å². The average molecular weight is 429 g/mol. The van der Waals surface area contributed by atoms with E-state index in [4.69, 9.17) is 9.57 Å². The number of nitrogens with zero attached hydrogens (tertiary/aromatic N) is 1. The van der Waals surface area contributed by atoms with E-state index in [1.165, 1.54) is 39.5 Å². The molecular formula is C16H17BrN2O5S. The third kappa shape index (κ3) is 4.18. The normalized spacial score (nSPS) is 11.4. The lowest BCUT2D eigenvalue weighted by molar-refractivity contribution is -0.0259. The Morgan fingerprint density at radius 1 is 1.16 bits per heavy atom. The first-order chi connectivity index (χ1) is 11.8. The van der Waals surface area contributed by atoms with Gasteiger partial charge in [-0.3, -0.25) is 9.63 Å². The zero-order chi connectivity index (χ0) is 18.6. The Balaban J connectivity index is 2.42. The van der Waals surface area contributed by atoms with Gasteiger partial charge in [-0.05, 0) is 46.3 Å². The molecule has 0 saturated carbocycles. The van der Waals surface area contributed by atoms with Crippen LogP contribution in [0.5, 0.6) is 5.75 Å². The largest absolute Gasteiger partial charge is 0.495 e. The van der Waals surface area contributed by atoms with E-state index < -0.39 is 15.9 Å². The van der Waals surface area contributed by atoms with E-state index in [1.54, 1.807) is 18.2 Å². The standard InChI is InChI=1S/C16H17BrN2O5S/c1-19(24-3)25(21,22)15-10-11(8-9-14(15)23-2)16(20)18-13-7-5-4-6-12(13)17/h4-10H,1-3H3,(H,18,20). The number of carbonyl (C=O) groups excluding carboxylic acids is 1. The second kappa shape index (κ2) is 7.96. The molecule has 0 fully saturated rings. The van der Waals surface area contributed by atoms with Crippen molar-refractivity contribution in [3.05, 3.63) is 52.5 Å². The predicted molar refractivity (Wildman–Crippen MR) is 97.0 cm³/mol. The van der Waals surface area contributed by atoms with E-state index >= 15 is 0 Å². The van der Waals surface area contributed by atoms with Crippen LogP contribution in [0.4, 0.5) is 5.69 Å². The fraction of sp³-hybridized carbons (Fsp3) is 0.188. The lowest BCUT2D eigenvalue weighted by atomic mass is 10.2. The summed E-state index contributed by atoms with van der Waals surface area (Å²) in [4.78, 5) is 17.1. The van der Waals surface area contributed by atoms with Gasteiger partial charge in [0.15, 0.2) is 0 Å². The summed E-state index contributed by atoms with van der Waals surface area (Å²) in [5.74, 6) is -0.340. The van der Waals surface area contributed by atoms with Crippen LogP contribution < -0.4 is 10.1 Å². The van der Waals surface area contributed by atoms with Gasteiger partial charge in [0, 0.05) is 17.1 Å². The van der Waals surface area contributed by atoms with Crippen molar-refractivity contribution in [2.24, 2.45) is 0 Å². The molecule has 0 spiro atoms. The second-order valence-corrected chi connectivity index (χ2v) is 7.66. The monoisotopic (exact) mass is 428 g/mol. The number of halogens is 1. The van der Waals surface area contributed by atoms with Crippen molar-refractivity contribution < 1.29 is 22.8 Å². The number of sulfonamides is 1. The summed E-state index contributed by atoms with van der Waals surface area (Å²) in [6.45, 7) is 0. The topological polar surface area (TPSA) is 84.9 Å². The average Bonchev–Trinajstić information content (AvgIpc) is 2.62. The van der Waals surface area contributed by atoms with Crippen molar-refractivity contribution >= 4 is 37.5 Å². The number of nitrogens with one attached hydrogen (secondary N) is 1. The van der Waals surface area contributed by atoms with Crippen LogP contribution in [0.1, 0.15) is 10.4 Å². The van der Waals surface area contributed by atoms with E-state index in [0.717, 1.165) is 0 Å². The molecule has 0 bridgehead atoms. The minimum Gasteiger partial charge on any atom is -0.495 e. The number of carbonyl (C=O) groups is 1. The molecule has 9 heteroatoms. The van der Waals surface area contributed by atoms with Crippen LogP contribution in [-0.2, 0) is 14.9 Å². The van der Waals surface area contributed by atoms with E-state index in [2.05, 4.69) is 21.2 Å². The molecule has 0 unspecified atom stereocenters. The molecule has 0 heterocycles. The number of hydrogen-bond acceptors (Lipinski definition) is 5. The Labute approximate surface area is 154 Å². The molecule has 7 nitrogen and oxygen atoms in total. The molecule has 0 aromatic heterocycles. The van der Waals surface area contributed by atoms with Gasteiger partial charge >= 0.3 is 0 Å². The zero-order valence-corrected chi connectivity index (χ0v) is 16.2. The molecule has 0 aliphatic rings. The maximum absolute atomic E-state index is 12.5. The first kappa shape index (κ1) is 19.4. The van der Waals surface area contributed by atoms with Crippen LogP contribution in [0, 0.1) is 0 Å². The molecule has 0 aliphatic heterocycles. The first-order valence-corrected chi connectivity index (χ1v) is 9.31. The number of rotatable bonds is 6. The van der Waals surface area contributed by atoms with Crippen molar-refractivity contribution in [3.8, 4) is 5.75 Å². The van der Waals surface area contributed by atoms with Crippen LogP contribution in [-0.4, -0.2) is 40.1 Å². The summed E-state index contributed by atoms with van der Waals surface area (Å²) in [6.07, 6.45) is 0. The van der Waals surface area contributed by atoms with Crippen molar-refractivity contribution in [1.82, 2.24) is 4.47 Å². The molecule has 2 rings (SSSR count). The number of benzene rings is 2. The van der Waals surface area contributed by atoms with E-state index in [-0.39, 0.29) is 16.2 Å². The Kier molecular flexibility index (Phi) is 6.17. The number of hydroxylamine groups is 1. The number of hydrogen-bond donors (Lipinski definition) is 1. The van der Waals surface area contributed by atoms with Gasteiger partial charge in [0.2, 0.25) is 0 Å². The van der Waals surface area contributed by atoms with Crippen LogP contribution in [0.15, 0.2) is 51.8 Å². The summed E-state index contributed by atoms with van der Waals surface area (Å²) in [5, 5.41) is 2.72. The van der Waals surface area contributed by atoms with Crippen molar-refractivity contribution in [1.29, 1.82) is 0 Å². The maximum Gasteiger partial charge on any atom is 0.268 e. The van der Waals surface area contributed by atoms with Gasteiger partial charge < -0.3 is 10.1 Å². The van der Waals surface area contributed by atoms with Crippen LogP contribution in [0.3, 0.4) is 0 Å². The number of methoxy groups -OCH3 is 1. The molecule has 25 heavy (non-hydrogen) atoms. The molecule has 0 radical (unpaired) electrons. The number of amides is 1. The van der Waals surface area contributed by atoms with Crippen molar-refractivity contribution in [2.75, 3.05) is 26.6 Å². The van der Waals surface area contributed by atoms with Gasteiger partial charge in [-0.25, -0.2) is 8.42 Å². The lowest BCUT2D eigenvalue weighted by Gasteiger charge is -2.17. The highest BCUT2D eigenvalue weighted by molar-refractivity contribution is 9.10. The van der Waals surface area contributed by atoms with Gasteiger partial charge in [-0.2, -0.15) is 0 Å². The third-order valence-corrected chi connectivity index (χ3v) is 5.81. The molecule has 134 valence electrons. The Hall–Kier alpha value is -1.94. The van der Waals surface area contributed by atoms with Crippen molar-refractivity contribution in [2.45, 2.75) is 4.90 Å². The van der Waals surface area contributed by atoms with Crippen LogP contribution in [0.25, 0.3) is 0 Å². The lowest BCUT2D eigenvalue weighted by Crippen LogP contribution is -2.26. The molecule has 0 atom stereocenters. The fourth-order valence-electron chi connectivity index (χ4n) is 2.01. The van der Waals surface area contributed by atoms with Gasteiger partial charge in [0.1, 0.15) is 10.6 Å². The first-order valence-electron chi connectivity index (χ1n) is 7.08. The summed E-state index contributed by atoms with van der Waals surface area (Å²) in [6, 6.07) is 11.3. The summed E-state index contributed by atoms with van der Waals surface area (Å²) in [7, 11) is -0.141.